The molecule has 1 aromatic carbocycles. The summed E-state index contributed by atoms with van der Waals surface area (Å²) in [6, 6.07) is 8.22. The number of morpholine rings is 1. The van der Waals surface area contributed by atoms with Gasteiger partial charge in [-0.1, -0.05) is 37.1 Å². The van der Waals surface area contributed by atoms with Crippen LogP contribution in [0.3, 0.4) is 0 Å². The number of benzene rings is 1. The molecule has 1 heterocycles. The molecule has 1 saturated carbocycles. The fourth-order valence-electron chi connectivity index (χ4n) is 3.87. The van der Waals surface area contributed by atoms with Gasteiger partial charge in [-0.2, -0.15) is 0 Å². The molecule has 1 aromatic rings. The molecule has 1 N–H and O–H groups in total. The number of hydrogen-bond acceptors (Lipinski definition) is 4. The predicted molar refractivity (Wildman–Crippen MR) is 99.7 cm³/mol. The van der Waals surface area contributed by atoms with Gasteiger partial charge >= 0.3 is 0 Å². The van der Waals surface area contributed by atoms with E-state index in [1.54, 1.807) is 0 Å². The fourth-order valence-corrected chi connectivity index (χ4v) is 5.33. The lowest BCUT2D eigenvalue weighted by molar-refractivity contribution is -0.0212. The van der Waals surface area contributed by atoms with Crippen LogP contribution in [0.15, 0.2) is 24.3 Å². The molecule has 2 aliphatic rings. The van der Waals surface area contributed by atoms with Crippen LogP contribution >= 0.6 is 0 Å². The number of nitrogens with zero attached hydrogens (tertiary/aromatic N) is 1. The first kappa shape index (κ1) is 18.8. The maximum atomic E-state index is 12.3. The van der Waals surface area contributed by atoms with Gasteiger partial charge in [0.25, 0.3) is 0 Å². The monoisotopic (exact) mass is 366 g/mol. The maximum Gasteiger partial charge on any atom is 0.212 e. The third-order valence-electron chi connectivity index (χ3n) is 5.15. The van der Waals surface area contributed by atoms with E-state index in [0.717, 1.165) is 44.6 Å². The van der Waals surface area contributed by atoms with Gasteiger partial charge in [0, 0.05) is 26.2 Å². The molecule has 0 spiro atoms. The largest absolute Gasteiger partial charge is 0.376 e. The Morgan fingerprint density at radius 1 is 1.24 bits per heavy atom. The Morgan fingerprint density at radius 2 is 2.00 bits per heavy atom. The van der Waals surface area contributed by atoms with E-state index in [0.29, 0.717) is 12.5 Å². The van der Waals surface area contributed by atoms with E-state index in [-0.39, 0.29) is 11.9 Å². The van der Waals surface area contributed by atoms with E-state index in [4.69, 9.17) is 4.74 Å². The third-order valence-corrected chi connectivity index (χ3v) is 6.64. The van der Waals surface area contributed by atoms with Gasteiger partial charge in [0.1, 0.15) is 0 Å². The van der Waals surface area contributed by atoms with Crippen LogP contribution < -0.4 is 4.72 Å². The summed E-state index contributed by atoms with van der Waals surface area (Å²) >= 11 is 0. The smallest absolute Gasteiger partial charge is 0.212 e. The summed E-state index contributed by atoms with van der Waals surface area (Å²) in [7, 11) is -3.19. The number of nitrogens with one attached hydrogen (secondary N) is 1. The van der Waals surface area contributed by atoms with Crippen LogP contribution in [-0.2, 0) is 27.8 Å². The zero-order valence-corrected chi connectivity index (χ0v) is 15.9. The number of rotatable bonds is 7. The Kier molecular flexibility index (Phi) is 6.49. The summed E-state index contributed by atoms with van der Waals surface area (Å²) in [5, 5.41) is 0. The minimum Gasteiger partial charge on any atom is -0.376 e. The molecule has 140 valence electrons. The van der Waals surface area contributed by atoms with Gasteiger partial charge in [0.05, 0.1) is 18.5 Å². The average Bonchev–Trinajstić information content (AvgIpc) is 3.06. The highest BCUT2D eigenvalue weighted by Gasteiger charge is 2.22. The van der Waals surface area contributed by atoms with Gasteiger partial charge in [-0.3, -0.25) is 4.90 Å². The van der Waals surface area contributed by atoms with Crippen molar-refractivity contribution >= 4 is 10.0 Å². The zero-order chi connectivity index (χ0) is 17.7. The predicted octanol–water partition coefficient (Wildman–Crippen LogP) is 2.52. The number of hydrogen-bond donors (Lipinski definition) is 1. The van der Waals surface area contributed by atoms with Crippen LogP contribution in [0.1, 0.15) is 43.7 Å². The van der Waals surface area contributed by atoms with Gasteiger partial charge in [-0.25, -0.2) is 13.1 Å². The number of sulfonamides is 1. The summed E-state index contributed by atoms with van der Waals surface area (Å²) in [5.74, 6) is 0.616. The van der Waals surface area contributed by atoms with Crippen molar-refractivity contribution in [1.82, 2.24) is 9.62 Å². The van der Waals surface area contributed by atoms with E-state index >= 15 is 0 Å². The lowest BCUT2D eigenvalue weighted by Crippen LogP contribution is -2.40. The van der Waals surface area contributed by atoms with E-state index in [1.165, 1.54) is 18.4 Å². The highest BCUT2D eigenvalue weighted by atomic mass is 32.2. The molecule has 2 fully saturated rings. The van der Waals surface area contributed by atoms with Crippen molar-refractivity contribution in [2.45, 2.75) is 51.8 Å². The Balaban J connectivity index is 1.52. The van der Waals surface area contributed by atoms with Crippen molar-refractivity contribution in [2.75, 3.05) is 25.4 Å². The summed E-state index contributed by atoms with van der Waals surface area (Å²) < 4.78 is 32.9. The van der Waals surface area contributed by atoms with Crippen molar-refractivity contribution in [1.29, 1.82) is 0 Å². The summed E-state index contributed by atoms with van der Waals surface area (Å²) in [6.45, 7) is 6.03. The van der Waals surface area contributed by atoms with E-state index < -0.39 is 10.0 Å². The average molecular weight is 367 g/mol. The van der Waals surface area contributed by atoms with Crippen molar-refractivity contribution < 1.29 is 13.2 Å². The Morgan fingerprint density at radius 3 is 2.76 bits per heavy atom. The Labute approximate surface area is 151 Å². The van der Waals surface area contributed by atoms with Crippen molar-refractivity contribution in [3.05, 3.63) is 35.4 Å². The Hall–Kier alpha value is -0.950. The molecule has 0 amide bonds. The second kappa shape index (κ2) is 8.62. The lowest BCUT2D eigenvalue weighted by atomic mass is 10.1. The summed E-state index contributed by atoms with van der Waals surface area (Å²) in [4.78, 5) is 2.39. The van der Waals surface area contributed by atoms with Crippen molar-refractivity contribution in [2.24, 2.45) is 5.92 Å². The molecule has 3 rings (SSSR count). The normalized spacial score (nSPS) is 23.2. The van der Waals surface area contributed by atoms with Crippen LogP contribution in [-0.4, -0.2) is 44.9 Å². The maximum absolute atomic E-state index is 12.3. The SMILES string of the molecule is CC1CN(Cc2cccc(CNS(=O)(=O)CC3CCCC3)c2)CCO1. The van der Waals surface area contributed by atoms with Crippen LogP contribution in [0.5, 0.6) is 0 Å². The molecule has 1 aliphatic heterocycles. The van der Waals surface area contributed by atoms with E-state index in [9.17, 15) is 8.42 Å². The van der Waals surface area contributed by atoms with Gasteiger partial charge in [-0.15, -0.1) is 0 Å². The van der Waals surface area contributed by atoms with Gasteiger partial charge < -0.3 is 4.74 Å². The second-order valence-electron chi connectivity index (χ2n) is 7.49. The van der Waals surface area contributed by atoms with E-state index in [2.05, 4.69) is 28.7 Å². The quantitative estimate of drug-likeness (QED) is 0.806. The molecule has 5 nitrogen and oxygen atoms in total. The first-order chi connectivity index (χ1) is 12.0. The van der Waals surface area contributed by atoms with Crippen LogP contribution in [0, 0.1) is 5.92 Å². The lowest BCUT2D eigenvalue weighted by Gasteiger charge is -2.31. The first-order valence-electron chi connectivity index (χ1n) is 9.39. The van der Waals surface area contributed by atoms with E-state index in [1.807, 2.05) is 12.1 Å². The van der Waals surface area contributed by atoms with Crippen LogP contribution in [0.2, 0.25) is 0 Å². The van der Waals surface area contributed by atoms with Gasteiger partial charge in [0.2, 0.25) is 10.0 Å². The summed E-state index contributed by atoms with van der Waals surface area (Å²) in [6.07, 6.45) is 4.72. The molecule has 6 heteroatoms. The third kappa shape index (κ3) is 6.06. The topological polar surface area (TPSA) is 58.6 Å². The highest BCUT2D eigenvalue weighted by molar-refractivity contribution is 7.89. The standard InChI is InChI=1S/C19H30N2O3S/c1-16-13-21(9-10-24-16)14-19-8-4-7-18(11-19)12-20-25(22,23)15-17-5-2-3-6-17/h4,7-8,11,16-17,20H,2-3,5-6,9-10,12-15H2,1H3. The Bertz CT molecular complexity index is 656. The molecular formula is C19H30N2O3S. The molecule has 1 atom stereocenters. The minimum atomic E-state index is -3.19. The highest BCUT2D eigenvalue weighted by Crippen LogP contribution is 2.25. The van der Waals surface area contributed by atoms with Crippen LogP contribution in [0.4, 0.5) is 0 Å². The van der Waals surface area contributed by atoms with Gasteiger partial charge in [0.15, 0.2) is 0 Å². The molecular weight excluding hydrogens is 336 g/mol. The number of ether oxygens (including phenoxy) is 1. The molecule has 0 bridgehead atoms. The zero-order valence-electron chi connectivity index (χ0n) is 15.1. The fraction of sp³-hybridized carbons (Fsp3) is 0.684. The minimum absolute atomic E-state index is 0.276. The molecule has 0 aromatic heterocycles. The van der Waals surface area contributed by atoms with Crippen molar-refractivity contribution in [3.8, 4) is 0 Å². The first-order valence-corrected chi connectivity index (χ1v) is 11.0. The van der Waals surface area contributed by atoms with Crippen molar-refractivity contribution in [3.63, 3.8) is 0 Å². The molecule has 1 aliphatic carbocycles. The summed E-state index contributed by atoms with van der Waals surface area (Å²) in [5.41, 5.74) is 2.25. The van der Waals surface area contributed by atoms with Crippen LogP contribution in [0.25, 0.3) is 0 Å². The second-order valence-corrected chi connectivity index (χ2v) is 9.34. The molecule has 1 unspecified atom stereocenters. The molecule has 0 radical (unpaired) electrons. The molecule has 1 saturated heterocycles. The molecule has 25 heavy (non-hydrogen) atoms. The van der Waals surface area contributed by atoms with Gasteiger partial charge in [-0.05, 0) is 36.8 Å².